The lowest BCUT2D eigenvalue weighted by Crippen LogP contribution is -2.35. The van der Waals surface area contributed by atoms with Crippen molar-refractivity contribution in [2.24, 2.45) is 7.05 Å². The van der Waals surface area contributed by atoms with E-state index in [1.807, 2.05) is 72.1 Å². The van der Waals surface area contributed by atoms with Crippen LogP contribution in [-0.2, 0) is 18.4 Å². The average molecular weight is 405 g/mol. The summed E-state index contributed by atoms with van der Waals surface area (Å²) in [6, 6.07) is 15.9. The Kier molecular flexibility index (Phi) is 5.74. The first-order valence-corrected chi connectivity index (χ1v) is 10.3. The number of methoxy groups -OCH3 is 1. The number of aromatic nitrogens is 2. The van der Waals surface area contributed by atoms with Gasteiger partial charge in [-0.2, -0.15) is 5.10 Å². The lowest BCUT2D eigenvalue weighted by Gasteiger charge is -2.26. The van der Waals surface area contributed by atoms with Crippen molar-refractivity contribution in [3.05, 3.63) is 59.8 Å². The molecule has 3 aromatic rings. The van der Waals surface area contributed by atoms with Crippen molar-refractivity contribution in [1.29, 1.82) is 0 Å². The van der Waals surface area contributed by atoms with Crippen LogP contribution < -0.4 is 14.4 Å². The molecule has 1 aliphatic heterocycles. The molecule has 0 spiro atoms. The molecular formula is C24H27N3O3. The van der Waals surface area contributed by atoms with E-state index < -0.39 is 0 Å². The van der Waals surface area contributed by atoms with Crippen LogP contribution in [0.1, 0.15) is 30.5 Å². The Morgan fingerprint density at radius 3 is 2.43 bits per heavy atom. The molecule has 0 unspecified atom stereocenters. The standard InChI is InChI=1S/C24H27N3O3/c1-17-24(30-16-18-7-13-21(29-3)14-8-18)23(25-26(17)2)19-9-11-20(12-10-19)27-15-5-4-6-22(27)28/h7-14H,4-6,15-16H2,1-3H3. The number of rotatable bonds is 6. The number of hydrogen-bond donors (Lipinski definition) is 0. The van der Waals surface area contributed by atoms with E-state index in [1.54, 1.807) is 7.11 Å². The smallest absolute Gasteiger partial charge is 0.226 e. The summed E-state index contributed by atoms with van der Waals surface area (Å²) in [6.45, 7) is 3.24. The number of hydrogen-bond acceptors (Lipinski definition) is 4. The summed E-state index contributed by atoms with van der Waals surface area (Å²) in [7, 11) is 3.57. The highest BCUT2D eigenvalue weighted by atomic mass is 16.5. The maximum atomic E-state index is 12.2. The number of amides is 1. The van der Waals surface area contributed by atoms with Crippen LogP contribution in [-0.4, -0.2) is 29.3 Å². The third-order valence-electron chi connectivity index (χ3n) is 5.60. The van der Waals surface area contributed by atoms with Crippen LogP contribution >= 0.6 is 0 Å². The molecule has 1 amide bonds. The number of anilines is 1. The third kappa shape index (κ3) is 4.03. The van der Waals surface area contributed by atoms with Gasteiger partial charge in [-0.05, 0) is 49.6 Å². The average Bonchev–Trinajstić information content (AvgIpc) is 3.07. The number of piperidine rings is 1. The monoisotopic (exact) mass is 405 g/mol. The minimum atomic E-state index is 0.200. The number of benzene rings is 2. The minimum Gasteiger partial charge on any atom is -0.497 e. The van der Waals surface area contributed by atoms with Crippen LogP contribution in [0, 0.1) is 6.92 Å². The van der Waals surface area contributed by atoms with E-state index in [9.17, 15) is 4.79 Å². The van der Waals surface area contributed by atoms with Gasteiger partial charge in [0.25, 0.3) is 0 Å². The van der Waals surface area contributed by atoms with Crippen LogP contribution in [0.3, 0.4) is 0 Å². The third-order valence-corrected chi connectivity index (χ3v) is 5.60. The van der Waals surface area contributed by atoms with E-state index in [0.717, 1.165) is 59.1 Å². The van der Waals surface area contributed by atoms with Crippen molar-refractivity contribution in [3.8, 4) is 22.8 Å². The number of aryl methyl sites for hydroxylation is 1. The highest BCUT2D eigenvalue weighted by Gasteiger charge is 2.21. The van der Waals surface area contributed by atoms with Crippen LogP contribution in [0.2, 0.25) is 0 Å². The molecule has 0 aliphatic carbocycles. The fraction of sp³-hybridized carbons (Fsp3) is 0.333. The lowest BCUT2D eigenvalue weighted by atomic mass is 10.1. The van der Waals surface area contributed by atoms with Crippen LogP contribution in [0.25, 0.3) is 11.3 Å². The van der Waals surface area contributed by atoms with Gasteiger partial charge in [-0.25, -0.2) is 0 Å². The molecule has 4 rings (SSSR count). The van der Waals surface area contributed by atoms with Gasteiger partial charge in [0, 0.05) is 31.3 Å². The molecule has 0 saturated carbocycles. The quantitative estimate of drug-likeness (QED) is 0.606. The molecule has 2 aromatic carbocycles. The van der Waals surface area contributed by atoms with Gasteiger partial charge in [0.05, 0.1) is 12.8 Å². The van der Waals surface area contributed by atoms with Gasteiger partial charge in [0.15, 0.2) is 5.75 Å². The zero-order valence-corrected chi connectivity index (χ0v) is 17.7. The molecule has 0 bridgehead atoms. The summed E-state index contributed by atoms with van der Waals surface area (Å²) < 4.78 is 13.2. The Balaban J connectivity index is 1.55. The molecular weight excluding hydrogens is 378 g/mol. The SMILES string of the molecule is COc1ccc(COc2c(-c3ccc(N4CCCCC4=O)cc3)nn(C)c2C)cc1. The Bertz CT molecular complexity index is 1020. The van der Waals surface area contributed by atoms with Gasteiger partial charge in [0.2, 0.25) is 5.91 Å². The molecule has 6 nitrogen and oxygen atoms in total. The molecule has 1 aromatic heterocycles. The van der Waals surface area contributed by atoms with Crippen molar-refractivity contribution in [2.45, 2.75) is 32.8 Å². The van der Waals surface area contributed by atoms with E-state index in [-0.39, 0.29) is 5.91 Å². The number of nitrogens with zero attached hydrogens (tertiary/aromatic N) is 3. The van der Waals surface area contributed by atoms with Gasteiger partial charge in [0.1, 0.15) is 18.1 Å². The first-order valence-electron chi connectivity index (χ1n) is 10.3. The lowest BCUT2D eigenvalue weighted by molar-refractivity contribution is -0.119. The molecule has 0 N–H and O–H groups in total. The molecule has 1 fully saturated rings. The van der Waals surface area contributed by atoms with E-state index in [1.165, 1.54) is 0 Å². The summed E-state index contributed by atoms with van der Waals surface area (Å²) in [4.78, 5) is 14.1. The highest BCUT2D eigenvalue weighted by Crippen LogP contribution is 2.34. The second kappa shape index (κ2) is 8.61. The fourth-order valence-electron chi connectivity index (χ4n) is 3.71. The first kappa shape index (κ1) is 20.0. The van der Waals surface area contributed by atoms with E-state index >= 15 is 0 Å². The van der Waals surface area contributed by atoms with Crippen LogP contribution in [0.5, 0.6) is 11.5 Å². The van der Waals surface area contributed by atoms with E-state index in [0.29, 0.717) is 13.0 Å². The van der Waals surface area contributed by atoms with E-state index in [4.69, 9.17) is 9.47 Å². The van der Waals surface area contributed by atoms with Crippen molar-refractivity contribution < 1.29 is 14.3 Å². The normalized spacial score (nSPS) is 14.1. The Labute approximate surface area is 177 Å². The molecule has 0 radical (unpaired) electrons. The first-order chi connectivity index (χ1) is 14.6. The Morgan fingerprint density at radius 1 is 1.03 bits per heavy atom. The summed E-state index contributed by atoms with van der Waals surface area (Å²) in [6.07, 6.45) is 2.66. The minimum absolute atomic E-state index is 0.200. The van der Waals surface area contributed by atoms with E-state index in [2.05, 4.69) is 5.10 Å². The van der Waals surface area contributed by atoms with Gasteiger partial charge in [-0.3, -0.25) is 9.48 Å². The molecule has 1 saturated heterocycles. The van der Waals surface area contributed by atoms with Crippen molar-refractivity contribution in [3.63, 3.8) is 0 Å². The molecule has 1 aliphatic rings. The van der Waals surface area contributed by atoms with Crippen molar-refractivity contribution in [2.75, 3.05) is 18.6 Å². The summed E-state index contributed by atoms with van der Waals surface area (Å²) in [5.74, 6) is 1.80. The fourth-order valence-corrected chi connectivity index (χ4v) is 3.71. The largest absolute Gasteiger partial charge is 0.497 e. The zero-order valence-electron chi connectivity index (χ0n) is 17.7. The summed E-state index contributed by atoms with van der Waals surface area (Å²) in [5.41, 5.74) is 4.74. The number of carbonyl (C=O) groups is 1. The van der Waals surface area contributed by atoms with Gasteiger partial charge >= 0.3 is 0 Å². The topological polar surface area (TPSA) is 56.6 Å². The summed E-state index contributed by atoms with van der Waals surface area (Å²) in [5, 5.41) is 4.67. The van der Waals surface area contributed by atoms with Gasteiger partial charge < -0.3 is 14.4 Å². The predicted molar refractivity (Wildman–Crippen MR) is 117 cm³/mol. The molecule has 2 heterocycles. The molecule has 156 valence electrons. The summed E-state index contributed by atoms with van der Waals surface area (Å²) >= 11 is 0. The van der Waals surface area contributed by atoms with Crippen LogP contribution in [0.4, 0.5) is 5.69 Å². The second-order valence-corrected chi connectivity index (χ2v) is 7.57. The highest BCUT2D eigenvalue weighted by molar-refractivity contribution is 5.94. The number of carbonyl (C=O) groups excluding carboxylic acids is 1. The van der Waals surface area contributed by atoms with Gasteiger partial charge in [-0.15, -0.1) is 0 Å². The molecule has 6 heteroatoms. The molecule has 30 heavy (non-hydrogen) atoms. The Morgan fingerprint density at radius 2 is 1.77 bits per heavy atom. The van der Waals surface area contributed by atoms with Crippen LogP contribution in [0.15, 0.2) is 48.5 Å². The molecule has 0 atom stereocenters. The zero-order chi connectivity index (χ0) is 21.1. The maximum absolute atomic E-state index is 12.2. The predicted octanol–water partition coefficient (Wildman–Crippen LogP) is 4.50. The number of ether oxygens (including phenoxy) is 2. The van der Waals surface area contributed by atoms with Crippen molar-refractivity contribution in [1.82, 2.24) is 9.78 Å². The van der Waals surface area contributed by atoms with Crippen molar-refractivity contribution >= 4 is 11.6 Å². The maximum Gasteiger partial charge on any atom is 0.226 e. The Hall–Kier alpha value is -3.28. The van der Waals surface area contributed by atoms with Gasteiger partial charge in [-0.1, -0.05) is 24.3 Å². The second-order valence-electron chi connectivity index (χ2n) is 7.57.